The fraction of sp³-hybridized carbons (Fsp3) is 0.634. The number of benzene rings is 1. The normalized spacial score (nSPS) is 29.3. The van der Waals surface area contributed by atoms with Crippen LogP contribution in [0.4, 0.5) is 18.0 Å². The van der Waals surface area contributed by atoms with Gasteiger partial charge in [-0.15, -0.1) is 0 Å². The van der Waals surface area contributed by atoms with Crippen molar-refractivity contribution in [2.24, 2.45) is 17.8 Å². The summed E-state index contributed by atoms with van der Waals surface area (Å²) in [5.74, 6) is -3.47. The van der Waals surface area contributed by atoms with E-state index < -0.39 is 85.9 Å². The lowest BCUT2D eigenvalue weighted by Crippen LogP contribution is -2.66. The van der Waals surface area contributed by atoms with Crippen LogP contribution >= 0.6 is 0 Å². The molecule has 0 spiro atoms. The Morgan fingerprint density at radius 3 is 2.50 bits per heavy atom. The van der Waals surface area contributed by atoms with Gasteiger partial charge >= 0.3 is 12.3 Å². The van der Waals surface area contributed by atoms with Gasteiger partial charge in [-0.25, -0.2) is 18.2 Å². The summed E-state index contributed by atoms with van der Waals surface area (Å²) in [5.41, 5.74) is -4.76. The first-order valence-corrected chi connectivity index (χ1v) is 21.9. The molecule has 2 aliphatic carbocycles. The average Bonchev–Trinajstić information content (AvgIpc) is 4.06. The maximum absolute atomic E-state index is 15.2. The van der Waals surface area contributed by atoms with Gasteiger partial charge in [0.1, 0.15) is 42.5 Å². The summed E-state index contributed by atoms with van der Waals surface area (Å²) in [6.07, 6.45) is -1.21. The van der Waals surface area contributed by atoms with Gasteiger partial charge < -0.3 is 29.5 Å². The molecule has 0 bridgehead atoms. The molecule has 3 fully saturated rings. The molecule has 60 heavy (non-hydrogen) atoms. The van der Waals surface area contributed by atoms with Crippen molar-refractivity contribution in [1.29, 1.82) is 0 Å². The molecule has 5 aliphatic rings. The first-order chi connectivity index (χ1) is 28.1. The SMILES string of the molecule is CC[C@@H]1C[C@H](C)CCC=C[C@@H]2C[C@@]2(C(=O)NS(=O)(=O)C2(C)CC2)NC(=O)[C@@H]2C[C@@H](Oc3nccc4c5c(ccc34)OCCO5)CN2C(=O)[C@H]1N(C(=O)O)C(C)(C)C(F)(F)F. The average molecular weight is 864 g/mol. The number of carbonyl (C=O) groups is 4. The van der Waals surface area contributed by atoms with Crippen LogP contribution < -0.4 is 24.2 Å². The van der Waals surface area contributed by atoms with Crippen LogP contribution in [0, 0.1) is 17.8 Å². The number of pyridine rings is 1. The van der Waals surface area contributed by atoms with Crippen molar-refractivity contribution in [3.8, 4) is 17.4 Å². The molecular formula is C41H52F3N5O10S. The van der Waals surface area contributed by atoms with Gasteiger partial charge in [0.15, 0.2) is 11.5 Å². The zero-order chi connectivity index (χ0) is 43.6. The van der Waals surface area contributed by atoms with Crippen LogP contribution in [-0.2, 0) is 24.4 Å². The molecule has 7 atom stereocenters. The second kappa shape index (κ2) is 15.6. The molecule has 1 saturated heterocycles. The molecule has 15 nitrogen and oxygen atoms in total. The minimum atomic E-state index is -5.10. The first-order valence-electron chi connectivity index (χ1n) is 20.4. The second-order valence-corrected chi connectivity index (χ2v) is 19.8. The molecule has 0 unspecified atom stereocenters. The third-order valence-electron chi connectivity index (χ3n) is 13.0. The van der Waals surface area contributed by atoms with Crippen molar-refractivity contribution in [2.75, 3.05) is 19.8 Å². The van der Waals surface area contributed by atoms with Crippen LogP contribution in [0.3, 0.4) is 0 Å². The summed E-state index contributed by atoms with van der Waals surface area (Å²) in [4.78, 5) is 62.5. The van der Waals surface area contributed by atoms with Crippen LogP contribution in [0.1, 0.15) is 86.0 Å². The lowest BCUT2D eigenvalue weighted by molar-refractivity contribution is -0.222. The van der Waals surface area contributed by atoms with E-state index in [1.807, 2.05) is 13.0 Å². The highest BCUT2D eigenvalue weighted by Gasteiger charge is 2.64. The Labute approximate surface area is 346 Å². The predicted octanol–water partition coefficient (Wildman–Crippen LogP) is 5.32. The molecule has 19 heteroatoms. The molecule has 4 amide bonds. The van der Waals surface area contributed by atoms with E-state index in [1.165, 1.54) is 13.1 Å². The number of carbonyl (C=O) groups excluding carboxylic acids is 3. The predicted molar refractivity (Wildman–Crippen MR) is 211 cm³/mol. The van der Waals surface area contributed by atoms with Crippen LogP contribution in [0.25, 0.3) is 10.8 Å². The number of halogens is 3. The molecule has 2 saturated carbocycles. The van der Waals surface area contributed by atoms with Crippen molar-refractivity contribution in [1.82, 2.24) is 24.8 Å². The van der Waals surface area contributed by atoms with E-state index in [9.17, 15) is 41.1 Å². The summed E-state index contributed by atoms with van der Waals surface area (Å²) >= 11 is 0. The fourth-order valence-electron chi connectivity index (χ4n) is 8.76. The van der Waals surface area contributed by atoms with E-state index in [1.54, 1.807) is 31.2 Å². The Morgan fingerprint density at radius 1 is 1.12 bits per heavy atom. The van der Waals surface area contributed by atoms with Crippen LogP contribution in [-0.4, -0.2) is 112 Å². The van der Waals surface area contributed by atoms with Crippen molar-refractivity contribution in [3.63, 3.8) is 0 Å². The number of hydrogen-bond donors (Lipinski definition) is 3. The number of nitrogens with one attached hydrogen (secondary N) is 2. The van der Waals surface area contributed by atoms with Crippen molar-refractivity contribution < 1.29 is 60.1 Å². The van der Waals surface area contributed by atoms with Gasteiger partial charge in [0.2, 0.25) is 27.7 Å². The molecule has 1 aromatic carbocycles. The molecule has 328 valence electrons. The molecule has 7 rings (SSSR count). The highest BCUT2D eigenvalue weighted by molar-refractivity contribution is 7.91. The Morgan fingerprint density at radius 2 is 1.83 bits per heavy atom. The standard InChI is InChI=1S/C41H52F3N5O10S/c1-6-24-19-23(2)9-7-8-10-25-21-40(25,36(52)47-60(55,56)39(5)14-15-39)46-33(50)29-20-26(22-48(29)35(51)31(24)49(37(53)54)38(3,4)41(42,43)44)59-34-28-11-12-30-32(58-18-17-57-30)27(28)13-16-45-34/h8,10-13,16,23-26,29,31H,6-7,9,14-15,17-22H2,1-5H3,(H,46,50)(H,47,52)(H,53,54)/t23-,24-,25-,26-,29+,31+,40-/m1/s1. The topological polar surface area (TPSA) is 194 Å². The van der Waals surface area contributed by atoms with E-state index in [2.05, 4.69) is 15.0 Å². The maximum atomic E-state index is 15.2. The Balaban J connectivity index is 1.30. The molecule has 1 aromatic heterocycles. The van der Waals surface area contributed by atoms with Crippen LogP contribution in [0.15, 0.2) is 36.5 Å². The number of allylic oxidation sites excluding steroid dienone is 1. The van der Waals surface area contributed by atoms with E-state index >= 15 is 4.79 Å². The van der Waals surface area contributed by atoms with E-state index in [-0.39, 0.29) is 48.9 Å². The van der Waals surface area contributed by atoms with E-state index in [4.69, 9.17) is 14.2 Å². The highest BCUT2D eigenvalue weighted by atomic mass is 32.2. The number of hydrogen-bond acceptors (Lipinski definition) is 10. The van der Waals surface area contributed by atoms with Crippen molar-refractivity contribution >= 4 is 44.6 Å². The zero-order valence-electron chi connectivity index (χ0n) is 34.2. The fourth-order valence-corrected chi connectivity index (χ4v) is 10.1. The van der Waals surface area contributed by atoms with Gasteiger partial charge in [-0.3, -0.25) is 24.0 Å². The highest BCUT2D eigenvalue weighted by Crippen LogP contribution is 2.48. The number of amides is 4. The number of alkyl halides is 3. The molecule has 3 aliphatic heterocycles. The lowest BCUT2D eigenvalue weighted by atomic mass is 9.82. The van der Waals surface area contributed by atoms with Crippen molar-refractivity contribution in [2.45, 2.75) is 126 Å². The first kappa shape index (κ1) is 43.3. The minimum Gasteiger partial charge on any atom is -0.486 e. The summed E-state index contributed by atoms with van der Waals surface area (Å²) in [7, 11) is -4.13. The molecular weight excluding hydrogens is 812 g/mol. The number of ether oxygens (including phenoxy) is 3. The van der Waals surface area contributed by atoms with E-state index in [0.29, 0.717) is 75.0 Å². The zero-order valence-corrected chi connectivity index (χ0v) is 35.0. The smallest absolute Gasteiger partial charge is 0.411 e. The molecule has 3 N–H and O–H groups in total. The van der Waals surface area contributed by atoms with Gasteiger partial charge in [0, 0.05) is 29.3 Å². The lowest BCUT2D eigenvalue weighted by Gasteiger charge is -2.46. The maximum Gasteiger partial charge on any atom is 0.411 e. The van der Waals surface area contributed by atoms with Crippen LogP contribution in [0.2, 0.25) is 0 Å². The molecule has 4 heterocycles. The molecule has 2 aromatic rings. The van der Waals surface area contributed by atoms with E-state index in [0.717, 1.165) is 4.90 Å². The summed E-state index contributed by atoms with van der Waals surface area (Å²) in [6, 6.07) is 1.73. The summed E-state index contributed by atoms with van der Waals surface area (Å²) in [6.45, 7) is 6.77. The van der Waals surface area contributed by atoms with Crippen LogP contribution in [0.5, 0.6) is 17.4 Å². The minimum absolute atomic E-state index is 0.0482. The monoisotopic (exact) mass is 863 g/mol. The van der Waals surface area contributed by atoms with Gasteiger partial charge in [-0.2, -0.15) is 13.2 Å². The third kappa shape index (κ3) is 7.81. The third-order valence-corrected chi connectivity index (χ3v) is 15.2. The van der Waals surface area contributed by atoms with Gasteiger partial charge in [0.05, 0.1) is 11.3 Å². The molecule has 0 radical (unpaired) electrons. The largest absolute Gasteiger partial charge is 0.486 e. The number of fused-ring (bicyclic) bond motifs is 5. The summed E-state index contributed by atoms with van der Waals surface area (Å²) < 4.78 is 90.0. The Hall–Kier alpha value is -4.81. The Kier molecular flexibility index (Phi) is 11.2. The van der Waals surface area contributed by atoms with Gasteiger partial charge in [0.25, 0.3) is 5.91 Å². The van der Waals surface area contributed by atoms with Gasteiger partial charge in [-0.1, -0.05) is 32.4 Å². The number of rotatable bonds is 8. The summed E-state index contributed by atoms with van der Waals surface area (Å²) in [5, 5.41) is 14.4. The number of carboxylic acid groups (broad SMARTS) is 1. The quantitative estimate of drug-likeness (QED) is 0.291. The second-order valence-electron chi connectivity index (χ2n) is 17.6. The van der Waals surface area contributed by atoms with Gasteiger partial charge in [-0.05, 0) is 89.3 Å². The van der Waals surface area contributed by atoms with Crippen molar-refractivity contribution in [3.05, 3.63) is 36.5 Å². The number of aromatic nitrogens is 1. The number of sulfonamides is 1. The number of nitrogens with zero attached hydrogens (tertiary/aromatic N) is 3. The Bertz CT molecular complexity index is 2200.